The van der Waals surface area contributed by atoms with Crippen molar-refractivity contribution in [1.29, 1.82) is 0 Å². The summed E-state index contributed by atoms with van der Waals surface area (Å²) in [5.74, 6) is -23.7. The zero-order valence-electron chi connectivity index (χ0n) is 23.5. The number of aliphatic carboxylic acids is 1. The number of fused-ring (bicyclic) bond motifs is 4. The highest BCUT2D eigenvalue weighted by molar-refractivity contribution is 9.10. The number of nitrogens with zero attached hydrogens (tertiary/aromatic N) is 2. The van der Waals surface area contributed by atoms with Gasteiger partial charge in [0.15, 0.2) is 33.0 Å². The number of aromatic hydroxyl groups is 1. The van der Waals surface area contributed by atoms with Gasteiger partial charge in [-0.25, -0.2) is 26.9 Å². The van der Waals surface area contributed by atoms with E-state index in [1.54, 1.807) is 0 Å². The van der Waals surface area contributed by atoms with Gasteiger partial charge in [0.1, 0.15) is 11.4 Å². The first-order chi connectivity index (χ1) is 22.0. The van der Waals surface area contributed by atoms with Crippen LogP contribution in [0.4, 0.5) is 27.6 Å². The van der Waals surface area contributed by atoms with Crippen LogP contribution in [0.3, 0.4) is 0 Å². The third kappa shape index (κ3) is 4.48. The Morgan fingerprint density at radius 1 is 0.936 bits per heavy atom. The molecule has 0 aromatic heterocycles. The number of carbonyl (C=O) groups excluding carboxylic acids is 4. The summed E-state index contributed by atoms with van der Waals surface area (Å²) < 4.78 is 73.1. The van der Waals surface area contributed by atoms with Gasteiger partial charge < -0.3 is 10.2 Å². The highest BCUT2D eigenvalue weighted by Crippen LogP contribution is 2.66. The monoisotopic (exact) mass is 764 g/mol. The number of hydrogen-bond acceptors (Lipinski definition) is 6. The minimum absolute atomic E-state index is 0.0557. The smallest absolute Gasteiger partial charge is 0.303 e. The number of halogens is 8. The number of likely N-dealkylation sites (tertiary alicyclic amines) is 1. The standard InChI is InChI=1S/C30H20BrCl2F5N2O7/c31-10-3-6-15(41)13(8-10)18-11-4-5-12-17(26(45)39(25(12)44)7-1-2-16(42)43)14(11)9-29(32)27(46)40(28(47)30(18,29)33)24-22(37)20(35)19(34)21(36)23(24)38/h3-4,6,8,12,14,17-18,41H,1-2,5,7,9H2,(H,42,43)/t12-,14+,17-,18+,29+,30-/m0/s1. The first kappa shape index (κ1) is 33.3. The quantitative estimate of drug-likeness (QED) is 0.102. The van der Waals surface area contributed by atoms with Gasteiger partial charge in [0.05, 0.1) is 11.8 Å². The molecule has 17 heteroatoms. The number of anilines is 1. The summed E-state index contributed by atoms with van der Waals surface area (Å²) in [5.41, 5.74) is -1.88. The highest BCUT2D eigenvalue weighted by Gasteiger charge is 2.77. The van der Waals surface area contributed by atoms with Crippen LogP contribution >= 0.6 is 39.1 Å². The summed E-state index contributed by atoms with van der Waals surface area (Å²) >= 11 is 17.3. The Bertz CT molecular complexity index is 1830. The van der Waals surface area contributed by atoms with Gasteiger partial charge in [0, 0.05) is 28.9 Å². The molecule has 0 unspecified atom stereocenters. The summed E-state index contributed by atoms with van der Waals surface area (Å²) in [6.07, 6.45) is 0.303. The Balaban J connectivity index is 1.55. The van der Waals surface area contributed by atoms with Gasteiger partial charge in [-0.05, 0) is 43.4 Å². The minimum Gasteiger partial charge on any atom is -0.508 e. The van der Waals surface area contributed by atoms with Crippen LogP contribution in [-0.2, 0) is 24.0 Å². The number of allylic oxidation sites excluding steroid dienone is 2. The van der Waals surface area contributed by atoms with Crippen molar-refractivity contribution < 1.29 is 56.1 Å². The number of phenolic OH excluding ortho intramolecular Hbond substituents is 1. The summed E-state index contributed by atoms with van der Waals surface area (Å²) in [4.78, 5) is 61.6. The van der Waals surface area contributed by atoms with E-state index in [2.05, 4.69) is 15.9 Å². The largest absolute Gasteiger partial charge is 0.508 e. The lowest BCUT2D eigenvalue weighted by Crippen LogP contribution is -2.60. The van der Waals surface area contributed by atoms with Crippen LogP contribution < -0.4 is 4.90 Å². The Kier molecular flexibility index (Phi) is 7.99. The van der Waals surface area contributed by atoms with Crippen LogP contribution in [0.1, 0.15) is 37.2 Å². The average Bonchev–Trinajstić information content (AvgIpc) is 3.34. The number of amides is 4. The van der Waals surface area contributed by atoms with E-state index in [1.165, 1.54) is 24.3 Å². The normalized spacial score (nSPS) is 30.0. The molecule has 4 amide bonds. The summed E-state index contributed by atoms with van der Waals surface area (Å²) in [6, 6.07) is 3.93. The number of rotatable bonds is 6. The van der Waals surface area contributed by atoms with Crippen LogP contribution in [0, 0.1) is 46.8 Å². The molecular formula is C30H20BrCl2F5N2O7. The topological polar surface area (TPSA) is 132 Å². The molecule has 1 saturated carbocycles. The van der Waals surface area contributed by atoms with Gasteiger partial charge in [-0.2, -0.15) is 0 Å². The van der Waals surface area contributed by atoms with Gasteiger partial charge in [0.25, 0.3) is 11.8 Å². The Hall–Kier alpha value is -3.56. The van der Waals surface area contributed by atoms with E-state index in [9.17, 15) is 42.3 Å². The van der Waals surface area contributed by atoms with E-state index in [1.807, 2.05) is 0 Å². The number of carboxylic acid groups (broad SMARTS) is 1. The maximum absolute atomic E-state index is 15.1. The zero-order valence-corrected chi connectivity index (χ0v) is 26.6. The molecule has 2 N–H and O–H groups in total. The van der Waals surface area contributed by atoms with Crippen molar-refractivity contribution in [3.8, 4) is 5.75 Å². The number of benzene rings is 2. The van der Waals surface area contributed by atoms with Crippen LogP contribution in [-0.4, -0.2) is 61.0 Å². The summed E-state index contributed by atoms with van der Waals surface area (Å²) in [5, 5.41) is 20.0. The second kappa shape index (κ2) is 11.3. The van der Waals surface area contributed by atoms with E-state index in [0.29, 0.717) is 4.47 Å². The highest BCUT2D eigenvalue weighted by atomic mass is 79.9. The van der Waals surface area contributed by atoms with Crippen LogP contribution in [0.15, 0.2) is 34.3 Å². The molecule has 0 spiro atoms. The molecule has 9 nitrogen and oxygen atoms in total. The molecule has 248 valence electrons. The van der Waals surface area contributed by atoms with E-state index in [4.69, 9.17) is 28.3 Å². The van der Waals surface area contributed by atoms with Crippen LogP contribution in [0.2, 0.25) is 0 Å². The van der Waals surface area contributed by atoms with Crippen molar-refractivity contribution in [2.75, 3.05) is 11.4 Å². The third-order valence-electron chi connectivity index (χ3n) is 9.39. The lowest BCUT2D eigenvalue weighted by Gasteiger charge is -2.50. The fraction of sp³-hybridized carbons (Fsp3) is 0.367. The van der Waals surface area contributed by atoms with Gasteiger partial charge in [-0.15, -0.1) is 23.2 Å². The minimum atomic E-state index is -2.77. The Morgan fingerprint density at radius 3 is 2.17 bits per heavy atom. The molecule has 6 atom stereocenters. The molecule has 2 aliphatic carbocycles. The van der Waals surface area contributed by atoms with Crippen LogP contribution in [0.5, 0.6) is 5.75 Å². The summed E-state index contributed by atoms with van der Waals surface area (Å²) in [6.45, 7) is -0.230. The molecule has 4 aliphatic rings. The second-order valence-electron chi connectivity index (χ2n) is 11.7. The fourth-order valence-corrected chi connectivity index (χ4v) is 8.65. The molecule has 47 heavy (non-hydrogen) atoms. The van der Waals surface area contributed by atoms with Crippen molar-refractivity contribution in [3.05, 3.63) is 69.0 Å². The number of imide groups is 2. The van der Waals surface area contributed by atoms with Crippen molar-refractivity contribution in [1.82, 2.24) is 4.90 Å². The van der Waals surface area contributed by atoms with Gasteiger partial charge in [0.2, 0.25) is 17.6 Å². The molecule has 2 saturated heterocycles. The third-order valence-corrected chi connectivity index (χ3v) is 11.3. The first-order valence-corrected chi connectivity index (χ1v) is 15.6. The molecule has 2 heterocycles. The maximum atomic E-state index is 15.1. The Labute approximate surface area is 280 Å². The number of carboxylic acids is 1. The predicted octanol–water partition coefficient (Wildman–Crippen LogP) is 5.28. The van der Waals surface area contributed by atoms with Gasteiger partial charge in [-0.3, -0.25) is 28.9 Å². The SMILES string of the molecule is O=C(O)CCCN1C(=O)[C@H]2[C@H](CC=C3[C@H]2C[C@@]2(Cl)C(=O)N(c4c(F)c(F)c(F)c(F)c4F)C(=O)[C@@]2(Cl)[C@H]3c2cc(Br)ccc2O)C1=O. The molecule has 6 rings (SSSR count). The molecule has 3 fully saturated rings. The van der Waals surface area contributed by atoms with Crippen molar-refractivity contribution >= 4 is 74.4 Å². The lowest BCUT2D eigenvalue weighted by atomic mass is 9.56. The van der Waals surface area contributed by atoms with Crippen molar-refractivity contribution in [3.63, 3.8) is 0 Å². The summed E-state index contributed by atoms with van der Waals surface area (Å²) in [7, 11) is 0. The average molecular weight is 766 g/mol. The molecule has 2 aromatic carbocycles. The lowest BCUT2D eigenvalue weighted by molar-refractivity contribution is -0.142. The van der Waals surface area contributed by atoms with E-state index >= 15 is 8.78 Å². The zero-order chi connectivity index (χ0) is 34.5. The Morgan fingerprint density at radius 2 is 1.55 bits per heavy atom. The number of phenols is 1. The molecule has 0 radical (unpaired) electrons. The van der Waals surface area contributed by atoms with Crippen molar-refractivity contribution in [2.45, 2.75) is 41.3 Å². The number of carbonyl (C=O) groups is 5. The maximum Gasteiger partial charge on any atom is 0.303 e. The first-order valence-electron chi connectivity index (χ1n) is 14.0. The van der Waals surface area contributed by atoms with E-state index in [-0.39, 0.29) is 41.8 Å². The van der Waals surface area contributed by atoms with Gasteiger partial charge >= 0.3 is 5.97 Å². The van der Waals surface area contributed by atoms with E-state index < -0.39 is 110 Å². The molecule has 2 aliphatic heterocycles. The second-order valence-corrected chi connectivity index (χ2v) is 13.9. The van der Waals surface area contributed by atoms with Gasteiger partial charge in [-0.1, -0.05) is 27.6 Å². The number of hydrogen-bond donors (Lipinski definition) is 2. The predicted molar refractivity (Wildman–Crippen MR) is 156 cm³/mol. The van der Waals surface area contributed by atoms with Crippen LogP contribution in [0.25, 0.3) is 0 Å². The number of alkyl halides is 2. The fourth-order valence-electron chi connectivity index (χ4n) is 7.34. The van der Waals surface area contributed by atoms with Crippen molar-refractivity contribution in [2.24, 2.45) is 17.8 Å². The molecular weight excluding hydrogens is 746 g/mol. The van der Waals surface area contributed by atoms with E-state index in [0.717, 1.165) is 4.90 Å². The molecule has 0 bridgehead atoms. The molecule has 2 aromatic rings.